The van der Waals surface area contributed by atoms with Gasteiger partial charge in [-0.15, -0.1) is 12.4 Å². The van der Waals surface area contributed by atoms with E-state index in [0.29, 0.717) is 12.1 Å². The fourth-order valence-electron chi connectivity index (χ4n) is 2.30. The predicted molar refractivity (Wildman–Crippen MR) is 91.9 cm³/mol. The lowest BCUT2D eigenvalue weighted by atomic mass is 10.1. The molecular weight excluding hydrogens is 318 g/mol. The third kappa shape index (κ3) is 4.59. The summed E-state index contributed by atoms with van der Waals surface area (Å²) in [4.78, 5) is 21.0. The van der Waals surface area contributed by atoms with Crippen molar-refractivity contribution in [2.45, 2.75) is 32.6 Å². The molecule has 8 heteroatoms. The molecule has 0 spiro atoms. The highest BCUT2D eigenvalue weighted by Gasteiger charge is 2.19. The average molecular weight is 340 g/mol. The molecule has 0 aliphatic rings. The second-order valence-corrected chi connectivity index (χ2v) is 5.11. The van der Waals surface area contributed by atoms with Crippen molar-refractivity contribution in [2.24, 2.45) is 10.9 Å². The fourth-order valence-corrected chi connectivity index (χ4v) is 2.30. The summed E-state index contributed by atoms with van der Waals surface area (Å²) in [5, 5.41) is 11.9. The molecule has 0 saturated heterocycles. The molecular formula is C15H22ClN5O2. The minimum absolute atomic E-state index is 0. The average Bonchev–Trinajstić information content (AvgIpc) is 3.01. The van der Waals surface area contributed by atoms with Crippen molar-refractivity contribution in [3.63, 3.8) is 0 Å². The van der Waals surface area contributed by atoms with Gasteiger partial charge in [0.15, 0.2) is 0 Å². The van der Waals surface area contributed by atoms with E-state index in [9.17, 15) is 4.79 Å². The van der Waals surface area contributed by atoms with E-state index >= 15 is 0 Å². The van der Waals surface area contributed by atoms with E-state index < -0.39 is 0 Å². The second-order valence-electron chi connectivity index (χ2n) is 5.11. The fraction of sp³-hybridized carbons (Fsp3) is 0.400. The zero-order valence-electron chi connectivity index (χ0n) is 13.0. The van der Waals surface area contributed by atoms with E-state index in [2.05, 4.69) is 22.0 Å². The molecule has 1 heterocycles. The predicted octanol–water partition coefficient (Wildman–Crippen LogP) is 2.71. The van der Waals surface area contributed by atoms with Gasteiger partial charge in [0.05, 0.1) is 17.4 Å². The van der Waals surface area contributed by atoms with Crippen molar-refractivity contribution in [3.8, 4) is 0 Å². The zero-order chi connectivity index (χ0) is 15.9. The van der Waals surface area contributed by atoms with E-state index in [1.807, 2.05) is 0 Å². The molecule has 2 rings (SSSR count). The van der Waals surface area contributed by atoms with Gasteiger partial charge in [0, 0.05) is 12.1 Å². The Morgan fingerprint density at radius 3 is 2.87 bits per heavy atom. The summed E-state index contributed by atoms with van der Waals surface area (Å²) in [6.45, 7) is 2.54. The van der Waals surface area contributed by atoms with Crippen LogP contribution in [-0.2, 0) is 0 Å². The van der Waals surface area contributed by atoms with Crippen molar-refractivity contribution in [1.82, 2.24) is 14.9 Å². The summed E-state index contributed by atoms with van der Waals surface area (Å²) in [6.07, 6.45) is 5.58. The summed E-state index contributed by atoms with van der Waals surface area (Å²) in [5.41, 5.74) is 7.68. The normalized spacial score (nSPS) is 11.3. The minimum atomic E-state index is -0.289. The number of hydrogen-bond donors (Lipinski definition) is 3. The van der Waals surface area contributed by atoms with Crippen LogP contribution in [0.1, 0.15) is 43.0 Å². The van der Waals surface area contributed by atoms with Crippen molar-refractivity contribution in [1.29, 1.82) is 0 Å². The van der Waals surface area contributed by atoms with Crippen molar-refractivity contribution >= 4 is 35.3 Å². The summed E-state index contributed by atoms with van der Waals surface area (Å²) in [7, 11) is 0. The third-order valence-corrected chi connectivity index (χ3v) is 3.53. The molecule has 0 aliphatic carbocycles. The van der Waals surface area contributed by atoms with E-state index in [-0.39, 0.29) is 24.3 Å². The van der Waals surface area contributed by atoms with Gasteiger partial charge in [0.2, 0.25) is 5.96 Å². The Morgan fingerprint density at radius 2 is 2.17 bits per heavy atom. The smallest absolute Gasteiger partial charge is 0.260 e. The summed E-state index contributed by atoms with van der Waals surface area (Å²) >= 11 is 0. The summed E-state index contributed by atoms with van der Waals surface area (Å²) in [5.74, 6) is -0.477. The molecule has 1 aromatic heterocycles. The molecule has 0 aliphatic heterocycles. The number of amides is 1. The van der Waals surface area contributed by atoms with Gasteiger partial charge >= 0.3 is 0 Å². The molecule has 7 nitrogen and oxygen atoms in total. The standard InChI is InChI=1S/C15H21N5O2.ClH/c1-2-3-4-5-8-20(15(16)19-22)14(21)11-6-7-12-13(9-11)18-10-17-12;/h6-7,9-10,22H,2-5,8H2,1H3,(H2,16,19)(H,17,18);1H. The number of hydrogen-bond acceptors (Lipinski definition) is 4. The molecule has 126 valence electrons. The first-order valence-electron chi connectivity index (χ1n) is 7.40. The third-order valence-electron chi connectivity index (χ3n) is 3.53. The van der Waals surface area contributed by atoms with Crippen molar-refractivity contribution < 1.29 is 10.0 Å². The number of carbonyl (C=O) groups excluding carboxylic acids is 1. The van der Waals surface area contributed by atoms with Gasteiger partial charge in [-0.2, -0.15) is 0 Å². The van der Waals surface area contributed by atoms with Crippen LogP contribution < -0.4 is 5.73 Å². The van der Waals surface area contributed by atoms with Crippen LogP contribution in [0.25, 0.3) is 11.0 Å². The monoisotopic (exact) mass is 339 g/mol. The van der Waals surface area contributed by atoms with Gasteiger partial charge < -0.3 is 15.9 Å². The van der Waals surface area contributed by atoms with Crippen LogP contribution in [0.5, 0.6) is 0 Å². The Bertz CT molecular complexity index is 671. The SMILES string of the molecule is CCCCCCN(C(=O)c1ccc2nc[nH]c2c1)C(N)=NO.Cl. The molecule has 4 N–H and O–H groups in total. The van der Waals surface area contributed by atoms with Crippen LogP contribution in [0, 0.1) is 0 Å². The number of nitrogens with one attached hydrogen (secondary N) is 1. The van der Waals surface area contributed by atoms with Gasteiger partial charge in [-0.3, -0.25) is 9.69 Å². The number of oxime groups is 1. The van der Waals surface area contributed by atoms with Gasteiger partial charge in [0.25, 0.3) is 5.91 Å². The van der Waals surface area contributed by atoms with Crippen LogP contribution in [-0.4, -0.2) is 38.5 Å². The number of rotatable bonds is 6. The molecule has 0 bridgehead atoms. The summed E-state index contributed by atoms with van der Waals surface area (Å²) in [6, 6.07) is 5.17. The topological polar surface area (TPSA) is 108 Å². The van der Waals surface area contributed by atoms with Crippen LogP contribution in [0.2, 0.25) is 0 Å². The van der Waals surface area contributed by atoms with Crippen LogP contribution in [0.3, 0.4) is 0 Å². The Labute approximate surface area is 141 Å². The van der Waals surface area contributed by atoms with E-state index in [4.69, 9.17) is 10.9 Å². The number of benzene rings is 1. The molecule has 0 saturated carbocycles. The number of halogens is 1. The van der Waals surface area contributed by atoms with Gasteiger partial charge in [-0.05, 0) is 24.6 Å². The highest BCUT2D eigenvalue weighted by atomic mass is 35.5. The number of aromatic nitrogens is 2. The van der Waals surface area contributed by atoms with E-state index in [0.717, 1.165) is 36.7 Å². The first-order chi connectivity index (χ1) is 10.7. The molecule has 0 fully saturated rings. The molecule has 1 amide bonds. The van der Waals surface area contributed by atoms with E-state index in [1.165, 1.54) is 4.90 Å². The molecule has 23 heavy (non-hydrogen) atoms. The largest absolute Gasteiger partial charge is 0.408 e. The number of unbranched alkanes of at least 4 members (excludes halogenated alkanes) is 3. The second kappa shape index (κ2) is 8.99. The molecule has 2 aromatic rings. The molecule has 0 atom stereocenters. The number of H-pyrrole nitrogens is 1. The maximum atomic E-state index is 12.6. The lowest BCUT2D eigenvalue weighted by Gasteiger charge is -2.20. The number of guanidine groups is 1. The summed E-state index contributed by atoms with van der Waals surface area (Å²) < 4.78 is 0. The van der Waals surface area contributed by atoms with E-state index in [1.54, 1.807) is 24.5 Å². The first kappa shape index (κ1) is 18.8. The lowest BCUT2D eigenvalue weighted by Crippen LogP contribution is -2.42. The number of imidazole rings is 1. The number of carbonyl (C=O) groups is 1. The Hall–Kier alpha value is -2.28. The Morgan fingerprint density at radius 1 is 1.39 bits per heavy atom. The highest BCUT2D eigenvalue weighted by molar-refractivity contribution is 6.06. The number of aromatic amines is 1. The molecule has 0 radical (unpaired) electrons. The van der Waals surface area contributed by atoms with Gasteiger partial charge in [-0.1, -0.05) is 31.3 Å². The number of nitrogens with two attached hydrogens (primary N) is 1. The van der Waals surface area contributed by atoms with Gasteiger partial charge in [-0.25, -0.2) is 4.98 Å². The Balaban J connectivity index is 0.00000264. The molecule has 0 unspecified atom stereocenters. The molecule has 1 aromatic carbocycles. The van der Waals surface area contributed by atoms with Crippen molar-refractivity contribution in [2.75, 3.05) is 6.54 Å². The Kier molecular flexibility index (Phi) is 7.34. The highest BCUT2D eigenvalue weighted by Crippen LogP contribution is 2.14. The maximum absolute atomic E-state index is 12.6. The van der Waals surface area contributed by atoms with Crippen LogP contribution >= 0.6 is 12.4 Å². The van der Waals surface area contributed by atoms with Gasteiger partial charge in [0.1, 0.15) is 0 Å². The minimum Gasteiger partial charge on any atom is -0.408 e. The lowest BCUT2D eigenvalue weighted by molar-refractivity contribution is 0.0838. The first-order valence-corrected chi connectivity index (χ1v) is 7.40. The quantitative estimate of drug-likeness (QED) is 0.247. The number of fused-ring (bicyclic) bond motifs is 1. The van der Waals surface area contributed by atoms with Crippen LogP contribution in [0.15, 0.2) is 29.7 Å². The maximum Gasteiger partial charge on any atom is 0.260 e. The van der Waals surface area contributed by atoms with Crippen LogP contribution in [0.4, 0.5) is 0 Å². The van der Waals surface area contributed by atoms with Crippen molar-refractivity contribution in [3.05, 3.63) is 30.1 Å². The number of nitrogens with zero attached hydrogens (tertiary/aromatic N) is 3. The zero-order valence-corrected chi connectivity index (χ0v) is 13.8.